The molecule has 0 aromatic carbocycles. The van der Waals surface area contributed by atoms with E-state index in [0.29, 0.717) is 13.1 Å². The summed E-state index contributed by atoms with van der Waals surface area (Å²) in [7, 11) is 0.315. The van der Waals surface area contributed by atoms with E-state index in [1.807, 2.05) is 0 Å². The molecule has 2 saturated heterocycles. The molecular weight excluding hydrogens is 302 g/mol. The summed E-state index contributed by atoms with van der Waals surface area (Å²) in [6, 6.07) is 0. The average Bonchev–Trinajstić information content (AvgIpc) is 2.97. The fraction of sp³-hybridized carbons (Fsp3) is 0.933. The molecule has 0 aromatic rings. The smallest absolute Gasteiger partial charge is 0.229 e. The first-order valence-corrected chi connectivity index (χ1v) is 9.94. The first-order valence-electron chi connectivity index (χ1n) is 8.09. The molecular formula is C15H27N3O3S. The quantitative estimate of drug-likeness (QED) is 0.781. The maximum absolute atomic E-state index is 12.9. The van der Waals surface area contributed by atoms with Gasteiger partial charge in [-0.1, -0.05) is 0 Å². The number of carbonyl (C=O) groups excluding carboxylic acids is 1. The largest absolute Gasteiger partial charge is 0.348 e. The summed E-state index contributed by atoms with van der Waals surface area (Å²) >= 11 is 0. The second-order valence-corrected chi connectivity index (χ2v) is 9.56. The van der Waals surface area contributed by atoms with Gasteiger partial charge in [0.15, 0.2) is 0 Å². The van der Waals surface area contributed by atoms with Crippen molar-refractivity contribution in [1.29, 1.82) is 0 Å². The van der Waals surface area contributed by atoms with E-state index >= 15 is 0 Å². The van der Waals surface area contributed by atoms with Gasteiger partial charge in [-0.15, -0.1) is 0 Å². The summed E-state index contributed by atoms with van der Waals surface area (Å²) in [6.45, 7) is 2.82. The van der Waals surface area contributed by atoms with Gasteiger partial charge in [0.1, 0.15) is 0 Å². The topological polar surface area (TPSA) is 69.7 Å². The molecule has 3 rings (SSSR count). The number of hydrogen-bond acceptors (Lipinski definition) is 4. The highest BCUT2D eigenvalue weighted by molar-refractivity contribution is 7.88. The summed E-state index contributed by atoms with van der Waals surface area (Å²) in [5.74, 6) is 0.269. The van der Waals surface area contributed by atoms with Crippen LogP contribution in [0.3, 0.4) is 0 Å². The Morgan fingerprint density at radius 1 is 1.18 bits per heavy atom. The Morgan fingerprint density at radius 2 is 1.82 bits per heavy atom. The molecule has 1 spiro atoms. The minimum absolute atomic E-state index is 0.110. The lowest BCUT2D eigenvalue weighted by atomic mass is 9.66. The average molecular weight is 329 g/mol. The molecule has 2 atom stereocenters. The van der Waals surface area contributed by atoms with E-state index in [9.17, 15) is 13.2 Å². The van der Waals surface area contributed by atoms with Gasteiger partial charge in [0.25, 0.3) is 0 Å². The van der Waals surface area contributed by atoms with Crippen LogP contribution in [0, 0.1) is 16.7 Å². The SMILES string of the molecule is CN(C)C(=O)[C@@]12CCC3(CCNCC3)[C@@H]1CN(S(C)(=O)=O)C2. The second-order valence-electron chi connectivity index (χ2n) is 7.58. The lowest BCUT2D eigenvalue weighted by molar-refractivity contribution is -0.141. The van der Waals surface area contributed by atoms with Crippen molar-refractivity contribution >= 4 is 15.9 Å². The molecule has 3 aliphatic rings. The summed E-state index contributed by atoms with van der Waals surface area (Å²) in [4.78, 5) is 14.6. The first kappa shape index (κ1) is 16.2. The monoisotopic (exact) mass is 329 g/mol. The van der Waals surface area contributed by atoms with Crippen LogP contribution in [0.2, 0.25) is 0 Å². The third-order valence-corrected chi connectivity index (χ3v) is 7.44. The Balaban J connectivity index is 2.00. The van der Waals surface area contributed by atoms with Crippen LogP contribution in [-0.2, 0) is 14.8 Å². The van der Waals surface area contributed by atoms with Crippen molar-refractivity contribution in [1.82, 2.24) is 14.5 Å². The highest BCUT2D eigenvalue weighted by atomic mass is 32.2. The zero-order chi connectivity index (χ0) is 16.2. The standard InChI is InChI=1S/C15H27N3O3S/c1-17(2)13(19)15-5-4-14(6-8-16-9-7-14)12(15)10-18(11-15)22(3,20)21/h12,16H,4-11H2,1-3H3/t12-,15+/m0/s1. The van der Waals surface area contributed by atoms with Gasteiger partial charge < -0.3 is 10.2 Å². The number of piperidine rings is 1. The van der Waals surface area contributed by atoms with Crippen LogP contribution in [0.1, 0.15) is 25.7 Å². The summed E-state index contributed by atoms with van der Waals surface area (Å²) < 4.78 is 25.7. The van der Waals surface area contributed by atoms with E-state index in [2.05, 4.69) is 5.32 Å². The second kappa shape index (κ2) is 5.18. The lowest BCUT2D eigenvalue weighted by Gasteiger charge is -2.41. The van der Waals surface area contributed by atoms with E-state index in [1.54, 1.807) is 23.3 Å². The third-order valence-electron chi connectivity index (χ3n) is 6.22. The Bertz CT molecular complexity index is 569. The minimum atomic E-state index is -3.25. The van der Waals surface area contributed by atoms with Gasteiger partial charge in [-0.25, -0.2) is 12.7 Å². The molecule has 2 aliphatic heterocycles. The molecule has 1 saturated carbocycles. The number of amides is 1. The van der Waals surface area contributed by atoms with Gasteiger partial charge >= 0.3 is 0 Å². The first-order chi connectivity index (χ1) is 10.2. The molecule has 0 unspecified atom stereocenters. The molecule has 3 fully saturated rings. The predicted molar refractivity (Wildman–Crippen MR) is 84.8 cm³/mol. The van der Waals surface area contributed by atoms with Crippen LogP contribution in [-0.4, -0.2) is 70.1 Å². The molecule has 0 radical (unpaired) electrons. The van der Waals surface area contributed by atoms with Crippen LogP contribution in [0.15, 0.2) is 0 Å². The van der Waals surface area contributed by atoms with E-state index in [1.165, 1.54) is 6.26 Å². The summed E-state index contributed by atoms with van der Waals surface area (Å²) in [5, 5.41) is 3.39. The van der Waals surface area contributed by atoms with Crippen LogP contribution in [0.5, 0.6) is 0 Å². The van der Waals surface area contributed by atoms with Crippen molar-refractivity contribution in [3.63, 3.8) is 0 Å². The molecule has 2 heterocycles. The summed E-state index contributed by atoms with van der Waals surface area (Å²) in [5.41, 5.74) is -0.375. The highest BCUT2D eigenvalue weighted by Gasteiger charge is 2.65. The Kier molecular flexibility index (Phi) is 3.81. The lowest BCUT2D eigenvalue weighted by Crippen LogP contribution is -2.48. The maximum Gasteiger partial charge on any atom is 0.229 e. The van der Waals surface area contributed by atoms with Gasteiger partial charge in [-0.2, -0.15) is 0 Å². The zero-order valence-corrected chi connectivity index (χ0v) is 14.6. The van der Waals surface area contributed by atoms with Crippen molar-refractivity contribution in [2.24, 2.45) is 16.7 Å². The fourth-order valence-electron chi connectivity index (χ4n) is 5.09. The molecule has 0 aromatic heterocycles. The Morgan fingerprint density at radius 3 is 2.36 bits per heavy atom. The van der Waals surface area contributed by atoms with E-state index < -0.39 is 15.4 Å². The third kappa shape index (κ3) is 2.29. The zero-order valence-electron chi connectivity index (χ0n) is 13.8. The Hall–Kier alpha value is -0.660. The van der Waals surface area contributed by atoms with Crippen LogP contribution in [0.25, 0.3) is 0 Å². The molecule has 126 valence electrons. The van der Waals surface area contributed by atoms with Gasteiger partial charge in [0, 0.05) is 27.2 Å². The van der Waals surface area contributed by atoms with Crippen LogP contribution >= 0.6 is 0 Å². The molecule has 1 aliphatic carbocycles. The molecule has 0 bridgehead atoms. The molecule has 1 amide bonds. The van der Waals surface area contributed by atoms with Crippen molar-refractivity contribution in [2.45, 2.75) is 25.7 Å². The van der Waals surface area contributed by atoms with E-state index in [-0.39, 0.29) is 17.2 Å². The molecule has 7 heteroatoms. The number of fused-ring (bicyclic) bond motifs is 2. The number of sulfonamides is 1. The van der Waals surface area contributed by atoms with Crippen LogP contribution in [0.4, 0.5) is 0 Å². The molecule has 6 nitrogen and oxygen atoms in total. The minimum Gasteiger partial charge on any atom is -0.348 e. The van der Waals surface area contributed by atoms with Crippen LogP contribution < -0.4 is 5.32 Å². The van der Waals surface area contributed by atoms with Crippen molar-refractivity contribution < 1.29 is 13.2 Å². The number of carbonyl (C=O) groups is 1. The van der Waals surface area contributed by atoms with Crippen molar-refractivity contribution in [2.75, 3.05) is 46.5 Å². The maximum atomic E-state index is 12.9. The van der Waals surface area contributed by atoms with Gasteiger partial charge in [0.05, 0.1) is 11.7 Å². The number of rotatable bonds is 2. The molecule has 22 heavy (non-hydrogen) atoms. The number of nitrogens with zero attached hydrogens (tertiary/aromatic N) is 2. The Labute approximate surface area is 133 Å². The highest BCUT2D eigenvalue weighted by Crippen LogP contribution is 2.62. The van der Waals surface area contributed by atoms with Gasteiger partial charge in [0.2, 0.25) is 15.9 Å². The molecule has 1 N–H and O–H groups in total. The number of nitrogens with one attached hydrogen (secondary N) is 1. The number of hydrogen-bond donors (Lipinski definition) is 1. The van der Waals surface area contributed by atoms with Crippen molar-refractivity contribution in [3.8, 4) is 0 Å². The normalized spacial score (nSPS) is 34.8. The van der Waals surface area contributed by atoms with E-state index in [0.717, 1.165) is 38.8 Å². The van der Waals surface area contributed by atoms with Gasteiger partial charge in [-0.05, 0) is 50.1 Å². The predicted octanol–water partition coefficient (Wildman–Crippen LogP) is 0.116. The fourth-order valence-corrected chi connectivity index (χ4v) is 5.98. The van der Waals surface area contributed by atoms with Crippen molar-refractivity contribution in [3.05, 3.63) is 0 Å². The van der Waals surface area contributed by atoms with Gasteiger partial charge in [-0.3, -0.25) is 4.79 Å². The van der Waals surface area contributed by atoms with E-state index in [4.69, 9.17) is 0 Å². The summed E-state index contributed by atoms with van der Waals surface area (Å²) in [6.07, 6.45) is 5.24.